The highest BCUT2D eigenvalue weighted by molar-refractivity contribution is 6.64. The van der Waals surface area contributed by atoms with Crippen LogP contribution in [-0.2, 0) is 24.4 Å². The summed E-state index contributed by atoms with van der Waals surface area (Å²) >= 11 is 0. The van der Waals surface area contributed by atoms with Crippen LogP contribution in [0, 0.1) is 0 Å². The van der Waals surface area contributed by atoms with Gasteiger partial charge in [-0.2, -0.15) is 0 Å². The summed E-state index contributed by atoms with van der Waals surface area (Å²) in [4.78, 5) is 26.9. The zero-order chi connectivity index (χ0) is 25.7. The topological polar surface area (TPSA) is 85.4 Å². The Hall–Kier alpha value is -3.27. The van der Waals surface area contributed by atoms with E-state index in [9.17, 15) is 4.79 Å². The fourth-order valence-electron chi connectivity index (χ4n) is 4.60. The van der Waals surface area contributed by atoms with E-state index in [0.29, 0.717) is 34.7 Å². The van der Waals surface area contributed by atoms with Crippen LogP contribution in [0.15, 0.2) is 66.9 Å². The summed E-state index contributed by atoms with van der Waals surface area (Å²) in [5.74, 6) is 1.99. The number of pyridine rings is 2. The summed E-state index contributed by atoms with van der Waals surface area (Å²) in [6, 6.07) is 20.4. The summed E-state index contributed by atoms with van der Waals surface area (Å²) < 4.78 is 0. The molecule has 2 aliphatic rings. The van der Waals surface area contributed by atoms with Crippen LogP contribution in [-0.4, -0.2) is 68.7 Å². The molecule has 1 aromatic carbocycles. The normalized spacial score (nSPS) is 21.5. The third kappa shape index (κ3) is 6.36. The van der Waals surface area contributed by atoms with Crippen molar-refractivity contribution in [2.75, 3.05) is 43.4 Å². The van der Waals surface area contributed by atoms with Gasteiger partial charge in [0.05, 0.1) is 20.4 Å². The number of anilines is 2. The Balaban J connectivity index is 1.09. The van der Waals surface area contributed by atoms with Crippen molar-refractivity contribution in [1.29, 1.82) is 0 Å². The van der Waals surface area contributed by atoms with E-state index in [0.717, 1.165) is 49.1 Å². The van der Waals surface area contributed by atoms with Gasteiger partial charge in [-0.15, -0.1) is 0 Å². The zero-order valence-corrected chi connectivity index (χ0v) is 22.6. The van der Waals surface area contributed by atoms with Crippen molar-refractivity contribution < 1.29 is 4.79 Å². The van der Waals surface area contributed by atoms with Gasteiger partial charge < -0.3 is 25.8 Å². The molecule has 2 aliphatic heterocycles. The minimum Gasteiger partial charge on any atom is -0.366 e. The van der Waals surface area contributed by atoms with E-state index in [1.807, 2.05) is 24.3 Å². The lowest BCUT2D eigenvalue weighted by atomic mass is 10.1. The molecule has 0 aliphatic carbocycles. The van der Waals surface area contributed by atoms with Crippen LogP contribution in [0.5, 0.6) is 0 Å². The van der Waals surface area contributed by atoms with Crippen molar-refractivity contribution in [3.05, 3.63) is 83.7 Å². The minimum absolute atomic E-state index is 0.0753. The second-order valence-electron chi connectivity index (χ2n) is 9.87. The van der Waals surface area contributed by atoms with Gasteiger partial charge in [-0.05, 0) is 48.0 Å². The SMILES string of the molecule is CC1[Si][C@]1(NCc1ccccn1)C(=O)NCc1ccc(CNc2cccc(N3CCN(C)CC3)n2)cc1. The van der Waals surface area contributed by atoms with Crippen molar-refractivity contribution in [3.8, 4) is 0 Å². The molecule has 9 heteroatoms. The van der Waals surface area contributed by atoms with E-state index in [2.05, 4.69) is 81.1 Å². The Morgan fingerprint density at radius 1 is 0.973 bits per heavy atom. The lowest BCUT2D eigenvalue weighted by Crippen LogP contribution is -2.48. The maximum Gasteiger partial charge on any atom is 0.236 e. The molecule has 2 fully saturated rings. The number of benzene rings is 1. The first-order valence-electron chi connectivity index (χ1n) is 12.9. The fourth-order valence-corrected chi connectivity index (χ4v) is 5.84. The van der Waals surface area contributed by atoms with Crippen molar-refractivity contribution in [2.45, 2.75) is 37.3 Å². The summed E-state index contributed by atoms with van der Waals surface area (Å²) in [7, 11) is 2.74. The van der Waals surface area contributed by atoms with Crippen LogP contribution in [0.2, 0.25) is 5.54 Å². The zero-order valence-electron chi connectivity index (χ0n) is 21.6. The Kier molecular flexibility index (Phi) is 7.83. The lowest BCUT2D eigenvalue weighted by Gasteiger charge is -2.33. The van der Waals surface area contributed by atoms with E-state index in [-0.39, 0.29) is 5.91 Å². The second kappa shape index (κ2) is 11.4. The highest BCUT2D eigenvalue weighted by Gasteiger charge is 2.57. The van der Waals surface area contributed by atoms with E-state index < -0.39 is 5.16 Å². The first kappa shape index (κ1) is 25.4. The summed E-state index contributed by atoms with van der Waals surface area (Å²) in [6.07, 6.45) is 1.78. The van der Waals surface area contributed by atoms with E-state index >= 15 is 0 Å². The van der Waals surface area contributed by atoms with Crippen LogP contribution in [0.25, 0.3) is 0 Å². The predicted molar refractivity (Wildman–Crippen MR) is 149 cm³/mol. The largest absolute Gasteiger partial charge is 0.366 e. The summed E-state index contributed by atoms with van der Waals surface area (Å²) in [5.41, 5.74) is 3.55. The number of nitrogens with zero attached hydrogens (tertiary/aromatic N) is 4. The highest BCUT2D eigenvalue weighted by atomic mass is 28.2. The number of amides is 1. The Morgan fingerprint density at radius 3 is 2.38 bits per heavy atom. The average Bonchev–Trinajstić information content (AvgIpc) is 3.61. The van der Waals surface area contributed by atoms with Gasteiger partial charge in [0.15, 0.2) is 0 Å². The third-order valence-corrected chi connectivity index (χ3v) is 9.00. The molecular formula is C28H35N7OSi. The van der Waals surface area contributed by atoms with Gasteiger partial charge >= 0.3 is 0 Å². The number of aromatic nitrogens is 2. The number of carbonyl (C=O) groups is 1. The Bertz CT molecular complexity index is 1180. The van der Waals surface area contributed by atoms with Gasteiger partial charge in [0, 0.05) is 52.0 Å². The van der Waals surface area contributed by atoms with Crippen molar-refractivity contribution in [2.24, 2.45) is 0 Å². The molecule has 1 unspecified atom stereocenters. The molecule has 8 nitrogen and oxygen atoms in total. The van der Waals surface area contributed by atoms with Crippen LogP contribution in [0.3, 0.4) is 0 Å². The molecule has 0 saturated carbocycles. The number of likely N-dealkylation sites (N-methyl/N-ethyl adjacent to an activating group) is 1. The van der Waals surface area contributed by atoms with Crippen molar-refractivity contribution in [1.82, 2.24) is 25.5 Å². The van der Waals surface area contributed by atoms with Gasteiger partial charge in [-0.3, -0.25) is 9.78 Å². The maximum atomic E-state index is 13.0. The first-order chi connectivity index (χ1) is 18.0. The van der Waals surface area contributed by atoms with E-state index in [4.69, 9.17) is 4.98 Å². The molecule has 37 heavy (non-hydrogen) atoms. The molecule has 3 N–H and O–H groups in total. The van der Waals surface area contributed by atoms with Crippen molar-refractivity contribution in [3.63, 3.8) is 0 Å². The van der Waals surface area contributed by atoms with E-state index in [1.165, 1.54) is 5.56 Å². The quantitative estimate of drug-likeness (QED) is 0.359. The molecule has 192 valence electrons. The standard InChI is InChI=1S/C28H35N7OSi/c1-21-28(37-21,32-20-24-6-3-4-13-29-24)27(36)31-19-23-11-9-22(10-12-23)18-30-25-7-5-8-26(33-25)35-16-14-34(2)15-17-35/h3-13,21,32H,14-20H2,1-2H3,(H,30,33)(H,31,36)/t21?,28-/m0/s1. The summed E-state index contributed by atoms with van der Waals surface area (Å²) in [6.45, 7) is 8.08. The van der Waals surface area contributed by atoms with Gasteiger partial charge in [0.25, 0.3) is 0 Å². The van der Waals surface area contributed by atoms with Crippen LogP contribution in [0.1, 0.15) is 23.7 Å². The molecular weight excluding hydrogens is 478 g/mol. The number of hydrogen-bond donors (Lipinski definition) is 3. The molecule has 4 heterocycles. The number of piperazine rings is 1. The molecule has 2 radical (unpaired) electrons. The molecule has 2 saturated heterocycles. The van der Waals surface area contributed by atoms with Crippen LogP contribution < -0.4 is 20.9 Å². The van der Waals surface area contributed by atoms with E-state index in [1.54, 1.807) is 6.20 Å². The second-order valence-corrected chi connectivity index (χ2v) is 11.8. The lowest BCUT2D eigenvalue weighted by molar-refractivity contribution is -0.123. The van der Waals surface area contributed by atoms with Gasteiger partial charge in [0.1, 0.15) is 11.6 Å². The fraction of sp³-hybridized carbons (Fsp3) is 0.393. The maximum absolute atomic E-state index is 13.0. The van der Waals surface area contributed by atoms with Gasteiger partial charge in [-0.25, -0.2) is 4.98 Å². The number of carbonyl (C=O) groups excluding carboxylic acids is 1. The molecule has 0 spiro atoms. The van der Waals surface area contributed by atoms with Crippen molar-refractivity contribution >= 4 is 27.1 Å². The summed E-state index contributed by atoms with van der Waals surface area (Å²) in [5, 5.41) is 9.58. The number of hydrogen-bond acceptors (Lipinski definition) is 7. The van der Waals surface area contributed by atoms with Gasteiger partial charge in [-0.1, -0.05) is 43.3 Å². The number of nitrogens with one attached hydrogen (secondary N) is 3. The highest BCUT2D eigenvalue weighted by Crippen LogP contribution is 2.39. The Morgan fingerprint density at radius 2 is 1.70 bits per heavy atom. The van der Waals surface area contributed by atoms with Crippen LogP contribution in [0.4, 0.5) is 11.6 Å². The predicted octanol–water partition coefficient (Wildman–Crippen LogP) is 2.47. The molecule has 3 aromatic rings. The molecule has 0 bridgehead atoms. The van der Waals surface area contributed by atoms with Crippen LogP contribution >= 0.6 is 0 Å². The smallest absolute Gasteiger partial charge is 0.236 e. The molecule has 5 rings (SSSR count). The molecule has 2 atom stereocenters. The Labute approximate surface area is 221 Å². The molecule has 1 amide bonds. The monoisotopic (exact) mass is 513 g/mol. The first-order valence-corrected chi connectivity index (χ1v) is 14.0. The molecule has 2 aromatic heterocycles. The average molecular weight is 514 g/mol. The minimum atomic E-state index is -0.465. The third-order valence-electron chi connectivity index (χ3n) is 7.15. The number of rotatable bonds is 10. The van der Waals surface area contributed by atoms with Gasteiger partial charge in [0.2, 0.25) is 5.91 Å².